The normalized spacial score (nSPS) is 13.8. The Hall–Kier alpha value is -6.85. The molecule has 0 saturated carbocycles. The Labute approximate surface area is 299 Å². The van der Waals surface area contributed by atoms with Crippen molar-refractivity contribution >= 4 is 43.7 Å². The zero-order chi connectivity index (χ0) is 40.0. The zero-order valence-corrected chi connectivity index (χ0v) is 26.2. The molecule has 0 fully saturated rings. The molecule has 7 aromatic carbocycles. The fourth-order valence-corrected chi connectivity index (χ4v) is 6.67. The summed E-state index contributed by atoms with van der Waals surface area (Å²) in [4.78, 5) is 15.2. The molecule has 3 aromatic heterocycles. The summed E-state index contributed by atoms with van der Waals surface area (Å²) in [5.41, 5.74) is 5.11. The van der Waals surface area contributed by atoms with E-state index >= 15 is 0 Å². The van der Waals surface area contributed by atoms with Gasteiger partial charge in [-0.15, -0.1) is 0 Å². The second-order valence-electron chi connectivity index (χ2n) is 11.8. The highest BCUT2D eigenvalue weighted by atomic mass is 16.3. The highest BCUT2D eigenvalue weighted by molar-refractivity contribution is 6.12. The van der Waals surface area contributed by atoms with Crippen LogP contribution in [0.15, 0.2) is 174 Å². The Morgan fingerprint density at radius 3 is 1.80 bits per heavy atom. The van der Waals surface area contributed by atoms with Crippen molar-refractivity contribution in [1.29, 1.82) is 0 Å². The largest absolute Gasteiger partial charge is 0.456 e. The monoisotopic (exact) mass is 648 g/mol. The molecule has 0 unspecified atom stereocenters. The van der Waals surface area contributed by atoms with E-state index in [9.17, 15) is 2.74 Å². The van der Waals surface area contributed by atoms with Crippen LogP contribution in [0.5, 0.6) is 0 Å². The van der Waals surface area contributed by atoms with Crippen LogP contribution < -0.4 is 0 Å². The molecule has 5 nitrogen and oxygen atoms in total. The van der Waals surface area contributed by atoms with E-state index in [1.54, 1.807) is 0 Å². The number of furan rings is 1. The SMILES string of the molecule is [2H]c1c([2H])c([2H])c2c(c1[2H])c1c([2H])c([2H])c([2H])c([2H])c1n2-c1cc(-c2ccccc2)ccc1-c1nc(-c2ccccc2)nc(-c2cccc3oc4ccccc4c23)n1. The summed E-state index contributed by atoms with van der Waals surface area (Å²) in [6.07, 6.45) is 0. The van der Waals surface area contributed by atoms with Gasteiger partial charge in [-0.3, -0.25) is 0 Å². The van der Waals surface area contributed by atoms with Crippen LogP contribution in [0.25, 0.3) is 94.7 Å². The first-order valence-corrected chi connectivity index (χ1v) is 16.1. The van der Waals surface area contributed by atoms with E-state index in [2.05, 4.69) is 0 Å². The lowest BCUT2D eigenvalue weighted by Crippen LogP contribution is -2.04. The number of hydrogen-bond acceptors (Lipinski definition) is 4. The van der Waals surface area contributed by atoms with Crippen LogP contribution in [0.1, 0.15) is 11.0 Å². The van der Waals surface area contributed by atoms with Gasteiger partial charge in [0.2, 0.25) is 0 Å². The summed E-state index contributed by atoms with van der Waals surface area (Å²) in [6.45, 7) is 0. The molecule has 5 heteroatoms. The number of para-hydroxylation sites is 3. The van der Waals surface area contributed by atoms with Crippen LogP contribution in [0.2, 0.25) is 0 Å². The van der Waals surface area contributed by atoms with E-state index in [-0.39, 0.29) is 27.6 Å². The van der Waals surface area contributed by atoms with Crippen LogP contribution in [-0.2, 0) is 0 Å². The van der Waals surface area contributed by atoms with Crippen molar-refractivity contribution < 1.29 is 15.4 Å². The van der Waals surface area contributed by atoms with Crippen molar-refractivity contribution in [1.82, 2.24) is 19.5 Å². The molecule has 0 bridgehead atoms. The maximum atomic E-state index is 9.23. The maximum Gasteiger partial charge on any atom is 0.166 e. The van der Waals surface area contributed by atoms with E-state index in [0.717, 1.165) is 27.5 Å². The summed E-state index contributed by atoms with van der Waals surface area (Å²) in [5, 5.41) is 1.66. The lowest BCUT2D eigenvalue weighted by Gasteiger charge is -2.16. The Balaban J connectivity index is 1.37. The number of aromatic nitrogens is 4. The highest BCUT2D eigenvalue weighted by Crippen LogP contribution is 2.40. The Morgan fingerprint density at radius 1 is 0.460 bits per heavy atom. The maximum absolute atomic E-state index is 9.23. The standard InChI is InChI=1S/C45H28N4O/c1-3-14-29(15-4-1)31-26-27-34(39(28-31)49-37-22-10-7-18-32(37)33-19-8-11-23-38(33)49)44-46-43(30-16-5-2-6-17-30)47-45(48-44)36-21-13-25-41-42(36)35-20-9-12-24-40(35)50-41/h1-28H/i7D,8D,10D,11D,18D,19D,22D,23D. The lowest BCUT2D eigenvalue weighted by atomic mass is 10.0. The molecule has 0 radical (unpaired) electrons. The van der Waals surface area contributed by atoms with Crippen molar-refractivity contribution in [3.63, 3.8) is 0 Å². The van der Waals surface area contributed by atoms with Gasteiger partial charge < -0.3 is 8.98 Å². The first-order valence-electron chi connectivity index (χ1n) is 20.1. The van der Waals surface area contributed by atoms with Gasteiger partial charge >= 0.3 is 0 Å². The molecule has 0 amide bonds. The minimum Gasteiger partial charge on any atom is -0.456 e. The summed E-state index contributed by atoms with van der Waals surface area (Å²) >= 11 is 0. The van der Waals surface area contributed by atoms with Crippen LogP contribution >= 0.6 is 0 Å². The van der Waals surface area contributed by atoms with Crippen LogP contribution in [0, 0.1) is 0 Å². The van der Waals surface area contributed by atoms with Gasteiger partial charge in [-0.1, -0.05) is 133 Å². The number of benzene rings is 7. The van der Waals surface area contributed by atoms with Gasteiger partial charge in [-0.05, 0) is 47.5 Å². The van der Waals surface area contributed by atoms with Crippen molar-refractivity contribution in [3.05, 3.63) is 170 Å². The molecule has 0 N–H and O–H groups in total. The van der Waals surface area contributed by atoms with Crippen LogP contribution in [0.4, 0.5) is 0 Å². The molecule has 3 heterocycles. The minimum absolute atomic E-state index is 0.00772. The predicted molar refractivity (Wildman–Crippen MR) is 203 cm³/mol. The molecule has 10 aromatic rings. The van der Waals surface area contributed by atoms with E-state index in [1.165, 1.54) is 4.57 Å². The second-order valence-corrected chi connectivity index (χ2v) is 11.8. The van der Waals surface area contributed by atoms with Gasteiger partial charge in [0.05, 0.1) is 27.7 Å². The third kappa shape index (κ3) is 4.52. The third-order valence-electron chi connectivity index (χ3n) is 8.93. The number of fused-ring (bicyclic) bond motifs is 6. The molecule has 10 rings (SSSR count). The number of nitrogens with zero attached hydrogens (tertiary/aromatic N) is 4. The van der Waals surface area contributed by atoms with Crippen molar-refractivity contribution in [3.8, 4) is 51.0 Å². The molecular formula is C45H28N4O. The molecular weight excluding hydrogens is 613 g/mol. The molecule has 0 spiro atoms. The predicted octanol–water partition coefficient (Wildman–Crippen LogP) is 11.5. The minimum atomic E-state index is -0.516. The third-order valence-corrected chi connectivity index (χ3v) is 8.93. The quantitative estimate of drug-likeness (QED) is 0.186. The Kier molecular flexibility index (Phi) is 4.83. The van der Waals surface area contributed by atoms with Crippen molar-refractivity contribution in [2.45, 2.75) is 0 Å². The molecule has 234 valence electrons. The number of rotatable bonds is 5. The summed E-state index contributed by atoms with van der Waals surface area (Å²) < 4.78 is 78.9. The van der Waals surface area contributed by atoms with E-state index in [1.807, 2.05) is 121 Å². The average Bonchev–Trinajstić information content (AvgIpc) is 3.83. The fourth-order valence-electron chi connectivity index (χ4n) is 6.67. The number of hydrogen-bond donors (Lipinski definition) is 0. The molecule has 0 saturated heterocycles. The van der Waals surface area contributed by atoms with E-state index in [0.29, 0.717) is 39.6 Å². The average molecular weight is 649 g/mol. The lowest BCUT2D eigenvalue weighted by molar-refractivity contribution is 0.669. The zero-order valence-electron chi connectivity index (χ0n) is 34.2. The Morgan fingerprint density at radius 2 is 1.06 bits per heavy atom. The molecule has 0 aliphatic rings. The summed E-state index contributed by atoms with van der Waals surface area (Å²) in [6, 6.07) is 34.4. The summed E-state index contributed by atoms with van der Waals surface area (Å²) in [7, 11) is 0. The van der Waals surface area contributed by atoms with Gasteiger partial charge in [0.1, 0.15) is 11.2 Å². The van der Waals surface area contributed by atoms with Gasteiger partial charge in [-0.25, -0.2) is 15.0 Å². The second kappa shape index (κ2) is 11.4. The van der Waals surface area contributed by atoms with Crippen molar-refractivity contribution in [2.75, 3.05) is 0 Å². The summed E-state index contributed by atoms with van der Waals surface area (Å²) in [5.74, 6) is 0.944. The van der Waals surface area contributed by atoms with Gasteiger partial charge in [0.25, 0.3) is 0 Å². The van der Waals surface area contributed by atoms with Crippen molar-refractivity contribution in [2.24, 2.45) is 0 Å². The fraction of sp³-hybridized carbons (Fsp3) is 0. The first kappa shape index (κ1) is 21.2. The topological polar surface area (TPSA) is 56.7 Å². The van der Waals surface area contributed by atoms with Gasteiger partial charge in [0, 0.05) is 38.2 Å². The van der Waals surface area contributed by atoms with Gasteiger partial charge in [-0.2, -0.15) is 0 Å². The van der Waals surface area contributed by atoms with Gasteiger partial charge in [0.15, 0.2) is 17.5 Å². The highest BCUT2D eigenvalue weighted by Gasteiger charge is 2.21. The van der Waals surface area contributed by atoms with Crippen LogP contribution in [-0.4, -0.2) is 19.5 Å². The first-order chi connectivity index (χ1) is 28.1. The molecule has 0 aliphatic heterocycles. The molecule has 0 atom stereocenters. The van der Waals surface area contributed by atoms with E-state index in [4.69, 9.17) is 27.6 Å². The van der Waals surface area contributed by atoms with E-state index < -0.39 is 48.3 Å². The molecule has 0 aliphatic carbocycles. The Bertz CT molecular complexity index is 3250. The molecule has 50 heavy (non-hydrogen) atoms. The van der Waals surface area contributed by atoms with Crippen LogP contribution in [0.3, 0.4) is 0 Å². The smallest absolute Gasteiger partial charge is 0.166 e.